The zero-order valence-electron chi connectivity index (χ0n) is 20.8. The van der Waals surface area contributed by atoms with Crippen molar-refractivity contribution in [3.63, 3.8) is 0 Å². The SMILES string of the molecule is COC(=O)C1=CO[C@@H](O[C@@H]2O[C@H](CO)[C@@H](O)[C@H](O)[C@H]2O)[C@@H]2C(CO)=C[C@H](OC(=O)C=Cc3ccc(O)cc3)[C@H]12. The molecule has 2 heterocycles. The highest BCUT2D eigenvalue weighted by Crippen LogP contribution is 2.45. The molecule has 0 aromatic heterocycles. The number of benzene rings is 1. The van der Waals surface area contributed by atoms with Crippen molar-refractivity contribution < 1.29 is 63.9 Å². The summed E-state index contributed by atoms with van der Waals surface area (Å²) < 4.78 is 27.2. The topological polar surface area (TPSA) is 202 Å². The molecule has 13 heteroatoms. The maximum atomic E-state index is 12.7. The smallest absolute Gasteiger partial charge is 0.337 e. The minimum Gasteiger partial charge on any atom is -0.508 e. The summed E-state index contributed by atoms with van der Waals surface area (Å²) in [4.78, 5) is 25.2. The standard InChI is InChI=1S/C26H30O13/c1-35-24(34)15-11-36-25(39-26-23(33)22(32)21(31)17(10-28)38-26)19-13(9-27)8-16(20(15)19)37-18(30)7-4-12-2-5-14(29)6-3-12/h2-8,11,16-17,19-23,25-29,31-33H,9-10H2,1H3/t16-,17+,19+,20-,21+,22-,23+,25-,26-/m0/s1. The third-order valence-electron chi connectivity index (χ3n) is 6.81. The number of aromatic hydroxyl groups is 1. The lowest BCUT2D eigenvalue weighted by molar-refractivity contribution is -0.340. The van der Waals surface area contributed by atoms with E-state index in [9.17, 15) is 40.2 Å². The van der Waals surface area contributed by atoms with E-state index < -0.39 is 80.1 Å². The van der Waals surface area contributed by atoms with Crippen LogP contribution in [0, 0.1) is 11.8 Å². The number of phenolic OH excluding ortho intramolecular Hbond substituents is 1. The van der Waals surface area contributed by atoms with Crippen LogP contribution in [0.25, 0.3) is 6.08 Å². The maximum absolute atomic E-state index is 12.7. The number of phenols is 1. The summed E-state index contributed by atoms with van der Waals surface area (Å²) in [5.74, 6) is -3.31. The molecule has 2 aliphatic heterocycles. The van der Waals surface area contributed by atoms with Gasteiger partial charge in [0.25, 0.3) is 0 Å². The van der Waals surface area contributed by atoms with Gasteiger partial charge in [0.1, 0.15) is 36.3 Å². The molecule has 0 bridgehead atoms. The van der Waals surface area contributed by atoms with Crippen molar-refractivity contribution >= 4 is 18.0 Å². The average Bonchev–Trinajstić information content (AvgIpc) is 3.31. The van der Waals surface area contributed by atoms with Crippen molar-refractivity contribution in [1.29, 1.82) is 0 Å². The molecule has 0 radical (unpaired) electrons. The van der Waals surface area contributed by atoms with E-state index >= 15 is 0 Å². The van der Waals surface area contributed by atoms with E-state index in [0.29, 0.717) is 11.1 Å². The molecular weight excluding hydrogens is 520 g/mol. The van der Waals surface area contributed by atoms with Crippen LogP contribution in [-0.4, -0.2) is 106 Å². The van der Waals surface area contributed by atoms with Gasteiger partial charge in [0, 0.05) is 12.0 Å². The van der Waals surface area contributed by atoms with Crippen molar-refractivity contribution in [3.8, 4) is 5.75 Å². The van der Waals surface area contributed by atoms with E-state index in [0.717, 1.165) is 19.4 Å². The molecule has 0 unspecified atom stereocenters. The Bertz CT molecular complexity index is 1130. The van der Waals surface area contributed by atoms with Gasteiger partial charge in [0.05, 0.1) is 38.1 Å². The largest absolute Gasteiger partial charge is 0.508 e. The second kappa shape index (κ2) is 12.3. The van der Waals surface area contributed by atoms with Gasteiger partial charge in [-0.2, -0.15) is 0 Å². The Hall–Kier alpha value is -3.30. The van der Waals surface area contributed by atoms with E-state index in [4.69, 9.17) is 23.7 Å². The number of methoxy groups -OCH3 is 1. The van der Waals surface area contributed by atoms with Crippen molar-refractivity contribution in [2.75, 3.05) is 20.3 Å². The number of aliphatic hydroxyl groups is 5. The van der Waals surface area contributed by atoms with Crippen molar-refractivity contribution in [1.82, 2.24) is 0 Å². The second-order valence-electron chi connectivity index (χ2n) is 9.18. The van der Waals surface area contributed by atoms with Crippen molar-refractivity contribution in [3.05, 3.63) is 59.4 Å². The van der Waals surface area contributed by atoms with Gasteiger partial charge in [-0.05, 0) is 35.4 Å². The minimum atomic E-state index is -1.72. The predicted octanol–water partition coefficient (Wildman–Crippen LogP) is -1.29. The summed E-state index contributed by atoms with van der Waals surface area (Å²) >= 11 is 0. The monoisotopic (exact) mass is 550 g/mol. The molecule has 0 amide bonds. The number of ether oxygens (including phenoxy) is 5. The van der Waals surface area contributed by atoms with Gasteiger partial charge >= 0.3 is 11.9 Å². The molecule has 4 rings (SSSR count). The third kappa shape index (κ3) is 5.99. The summed E-state index contributed by atoms with van der Waals surface area (Å²) in [5, 5.41) is 59.5. The predicted molar refractivity (Wildman–Crippen MR) is 129 cm³/mol. The van der Waals surface area contributed by atoms with Crippen LogP contribution in [0.2, 0.25) is 0 Å². The normalized spacial score (nSPS) is 34.1. The van der Waals surface area contributed by atoms with Gasteiger partial charge in [0.2, 0.25) is 6.29 Å². The Labute approximate surface area is 222 Å². The fourth-order valence-electron chi connectivity index (χ4n) is 4.80. The van der Waals surface area contributed by atoms with E-state index in [-0.39, 0.29) is 11.3 Å². The van der Waals surface area contributed by atoms with E-state index in [1.165, 1.54) is 24.3 Å². The fraction of sp³-hybridized carbons (Fsp3) is 0.462. The molecule has 6 N–H and O–H groups in total. The van der Waals surface area contributed by atoms with E-state index in [1.54, 1.807) is 12.1 Å². The number of carbonyl (C=O) groups excluding carboxylic acids is 2. The van der Waals surface area contributed by atoms with Crippen LogP contribution in [0.5, 0.6) is 5.75 Å². The number of hydrogen-bond donors (Lipinski definition) is 6. The summed E-state index contributed by atoms with van der Waals surface area (Å²) in [7, 11) is 1.16. The fourth-order valence-corrected chi connectivity index (χ4v) is 4.80. The first-order chi connectivity index (χ1) is 18.7. The molecule has 1 aliphatic carbocycles. The van der Waals surface area contributed by atoms with Crippen LogP contribution in [0.1, 0.15) is 5.56 Å². The Balaban J connectivity index is 1.56. The highest BCUT2D eigenvalue weighted by molar-refractivity contribution is 5.90. The van der Waals surface area contributed by atoms with Crippen molar-refractivity contribution in [2.24, 2.45) is 11.8 Å². The summed E-state index contributed by atoms with van der Waals surface area (Å²) in [6, 6.07) is 6.08. The lowest BCUT2D eigenvalue weighted by Gasteiger charge is -2.43. The summed E-state index contributed by atoms with van der Waals surface area (Å²) in [5.41, 5.74) is 0.912. The first-order valence-corrected chi connectivity index (χ1v) is 12.1. The molecule has 1 aromatic carbocycles. The number of rotatable bonds is 8. The van der Waals surface area contributed by atoms with Crippen molar-refractivity contribution in [2.45, 2.75) is 43.1 Å². The number of hydrogen-bond acceptors (Lipinski definition) is 13. The molecule has 212 valence electrons. The van der Waals surface area contributed by atoms with Gasteiger partial charge in [-0.1, -0.05) is 12.1 Å². The third-order valence-corrected chi connectivity index (χ3v) is 6.81. The highest BCUT2D eigenvalue weighted by Gasteiger charge is 2.53. The molecule has 13 nitrogen and oxygen atoms in total. The van der Waals surface area contributed by atoms with Crippen LogP contribution in [-0.2, 0) is 33.3 Å². The molecule has 39 heavy (non-hydrogen) atoms. The Morgan fingerprint density at radius 1 is 1.00 bits per heavy atom. The highest BCUT2D eigenvalue weighted by atomic mass is 16.8. The minimum absolute atomic E-state index is 0.00355. The second-order valence-corrected chi connectivity index (χ2v) is 9.18. The zero-order valence-corrected chi connectivity index (χ0v) is 20.8. The Morgan fingerprint density at radius 3 is 2.36 bits per heavy atom. The van der Waals surface area contributed by atoms with Gasteiger partial charge in [-0.25, -0.2) is 9.59 Å². The Morgan fingerprint density at radius 2 is 1.72 bits per heavy atom. The Kier molecular flexibility index (Phi) is 9.02. The van der Waals surface area contributed by atoms with Gasteiger partial charge in [0.15, 0.2) is 6.29 Å². The van der Waals surface area contributed by atoms with E-state index in [1.807, 2.05) is 0 Å². The summed E-state index contributed by atoms with van der Waals surface area (Å²) in [6.45, 7) is -1.20. The van der Waals surface area contributed by atoms with Crippen LogP contribution in [0.3, 0.4) is 0 Å². The maximum Gasteiger partial charge on any atom is 0.337 e. The molecule has 0 saturated carbocycles. The molecule has 9 atom stereocenters. The molecule has 0 spiro atoms. The molecule has 3 aliphatic rings. The van der Waals surface area contributed by atoms with Crippen LogP contribution < -0.4 is 0 Å². The molecule has 1 fully saturated rings. The molecule has 1 aromatic rings. The van der Waals surface area contributed by atoms with E-state index in [2.05, 4.69) is 0 Å². The number of aliphatic hydroxyl groups excluding tert-OH is 5. The molecule has 1 saturated heterocycles. The first-order valence-electron chi connectivity index (χ1n) is 12.1. The van der Waals surface area contributed by atoms with Gasteiger partial charge < -0.3 is 54.3 Å². The zero-order chi connectivity index (χ0) is 28.3. The summed E-state index contributed by atoms with van der Waals surface area (Å²) in [6.07, 6.45) is -5.04. The van der Waals surface area contributed by atoms with Crippen LogP contribution >= 0.6 is 0 Å². The number of fused-ring (bicyclic) bond motifs is 1. The first kappa shape index (κ1) is 28.7. The van der Waals surface area contributed by atoms with Crippen LogP contribution in [0.15, 0.2) is 53.8 Å². The van der Waals surface area contributed by atoms with Gasteiger partial charge in [-0.3, -0.25) is 0 Å². The van der Waals surface area contributed by atoms with Gasteiger partial charge in [-0.15, -0.1) is 0 Å². The number of carbonyl (C=O) groups is 2. The lowest BCUT2D eigenvalue weighted by atomic mass is 9.82. The van der Waals surface area contributed by atoms with Crippen LogP contribution in [0.4, 0.5) is 0 Å². The lowest BCUT2D eigenvalue weighted by Crippen LogP contribution is -2.60. The quantitative estimate of drug-likeness (QED) is 0.127. The number of esters is 2. The molecular formula is C26H30O13. The average molecular weight is 551 g/mol.